The number of nitrogens with two attached hydrogens (primary N) is 1. The first-order valence-electron chi connectivity index (χ1n) is 7.48. The monoisotopic (exact) mass is 330 g/mol. The molecule has 1 unspecified atom stereocenters. The molecule has 1 saturated carbocycles. The molecule has 0 aliphatic heterocycles. The Morgan fingerprint density at radius 3 is 2.91 bits per heavy atom. The molecule has 1 aromatic rings. The SMILES string of the molecule is CC(COc1cccc(F)c1)NC(=O)C[C@@H]1CCC[C@H]1N.Cl. The van der Waals surface area contributed by atoms with Crippen LogP contribution in [0.5, 0.6) is 5.75 Å². The normalized spacial score (nSPS) is 21.8. The summed E-state index contributed by atoms with van der Waals surface area (Å²) in [6.07, 6.45) is 3.63. The maximum atomic E-state index is 13.0. The van der Waals surface area contributed by atoms with Gasteiger partial charge in [0, 0.05) is 18.5 Å². The minimum absolute atomic E-state index is 0. The van der Waals surface area contributed by atoms with Crippen LogP contribution >= 0.6 is 12.4 Å². The molecule has 0 spiro atoms. The highest BCUT2D eigenvalue weighted by molar-refractivity contribution is 5.85. The first-order chi connectivity index (χ1) is 10.0. The number of hydrogen-bond acceptors (Lipinski definition) is 3. The highest BCUT2D eigenvalue weighted by atomic mass is 35.5. The van der Waals surface area contributed by atoms with Gasteiger partial charge in [-0.25, -0.2) is 4.39 Å². The summed E-state index contributed by atoms with van der Waals surface area (Å²) in [6.45, 7) is 2.18. The summed E-state index contributed by atoms with van der Waals surface area (Å²) in [5.74, 6) is 0.433. The van der Waals surface area contributed by atoms with E-state index >= 15 is 0 Å². The van der Waals surface area contributed by atoms with E-state index in [9.17, 15) is 9.18 Å². The molecule has 1 aliphatic rings. The minimum Gasteiger partial charge on any atom is -0.491 e. The summed E-state index contributed by atoms with van der Waals surface area (Å²) in [5, 5.41) is 2.90. The number of carbonyl (C=O) groups excluding carboxylic acids is 1. The molecule has 6 heteroatoms. The molecule has 0 aromatic heterocycles. The van der Waals surface area contributed by atoms with E-state index < -0.39 is 0 Å². The van der Waals surface area contributed by atoms with Gasteiger partial charge in [-0.15, -0.1) is 12.4 Å². The third-order valence-corrected chi connectivity index (χ3v) is 3.87. The molecule has 3 N–H and O–H groups in total. The molecule has 1 aliphatic carbocycles. The van der Waals surface area contributed by atoms with Gasteiger partial charge in [-0.05, 0) is 37.8 Å². The number of amides is 1. The lowest BCUT2D eigenvalue weighted by molar-refractivity contribution is -0.122. The second-order valence-corrected chi connectivity index (χ2v) is 5.80. The molecule has 2 rings (SSSR count). The lowest BCUT2D eigenvalue weighted by Crippen LogP contribution is -2.39. The van der Waals surface area contributed by atoms with Gasteiger partial charge in [-0.1, -0.05) is 12.5 Å². The second kappa shape index (κ2) is 8.96. The largest absolute Gasteiger partial charge is 0.491 e. The molecular weight excluding hydrogens is 307 g/mol. The van der Waals surface area contributed by atoms with E-state index in [0.29, 0.717) is 24.7 Å². The molecule has 1 aromatic carbocycles. The number of hydrogen-bond donors (Lipinski definition) is 2. The lowest BCUT2D eigenvalue weighted by Gasteiger charge is -2.18. The molecule has 4 nitrogen and oxygen atoms in total. The van der Waals surface area contributed by atoms with Gasteiger partial charge in [0.1, 0.15) is 18.2 Å². The minimum atomic E-state index is -0.334. The summed E-state index contributed by atoms with van der Waals surface area (Å²) in [5.41, 5.74) is 5.97. The van der Waals surface area contributed by atoms with Crippen molar-refractivity contribution in [2.24, 2.45) is 11.7 Å². The van der Waals surface area contributed by atoms with Crippen molar-refractivity contribution in [3.8, 4) is 5.75 Å². The third kappa shape index (κ3) is 5.81. The van der Waals surface area contributed by atoms with Crippen LogP contribution in [0.4, 0.5) is 4.39 Å². The van der Waals surface area contributed by atoms with E-state index in [2.05, 4.69) is 5.32 Å². The average Bonchev–Trinajstić information content (AvgIpc) is 2.82. The van der Waals surface area contributed by atoms with Crippen LogP contribution in [-0.4, -0.2) is 24.6 Å². The van der Waals surface area contributed by atoms with Gasteiger partial charge in [0.15, 0.2) is 0 Å². The molecule has 0 heterocycles. The number of rotatable bonds is 6. The predicted octanol–water partition coefficient (Wildman–Crippen LogP) is 2.65. The van der Waals surface area contributed by atoms with Gasteiger partial charge in [-0.3, -0.25) is 4.79 Å². The third-order valence-electron chi connectivity index (χ3n) is 3.87. The highest BCUT2D eigenvalue weighted by Gasteiger charge is 2.26. The van der Waals surface area contributed by atoms with Crippen LogP contribution in [0.15, 0.2) is 24.3 Å². The van der Waals surface area contributed by atoms with E-state index in [-0.39, 0.29) is 36.2 Å². The van der Waals surface area contributed by atoms with Crippen molar-refractivity contribution < 1.29 is 13.9 Å². The Bertz CT molecular complexity index is 487. The molecule has 124 valence electrons. The topological polar surface area (TPSA) is 64.3 Å². The molecular formula is C16H24ClFN2O2. The zero-order valence-electron chi connectivity index (χ0n) is 12.8. The number of carbonyl (C=O) groups is 1. The molecule has 1 amide bonds. The fourth-order valence-corrected chi connectivity index (χ4v) is 2.71. The first-order valence-corrected chi connectivity index (χ1v) is 7.48. The van der Waals surface area contributed by atoms with Crippen molar-refractivity contribution in [2.75, 3.05) is 6.61 Å². The van der Waals surface area contributed by atoms with Crippen LogP contribution in [0, 0.1) is 11.7 Å². The Morgan fingerprint density at radius 2 is 2.27 bits per heavy atom. The number of nitrogens with one attached hydrogen (secondary N) is 1. The van der Waals surface area contributed by atoms with E-state index in [1.165, 1.54) is 12.1 Å². The maximum Gasteiger partial charge on any atom is 0.220 e. The Balaban J connectivity index is 0.00000242. The van der Waals surface area contributed by atoms with Gasteiger partial charge in [0.05, 0.1) is 6.04 Å². The Morgan fingerprint density at radius 1 is 1.50 bits per heavy atom. The van der Waals surface area contributed by atoms with Crippen molar-refractivity contribution in [3.05, 3.63) is 30.1 Å². The van der Waals surface area contributed by atoms with Crippen molar-refractivity contribution in [1.82, 2.24) is 5.32 Å². The quantitative estimate of drug-likeness (QED) is 0.842. The summed E-state index contributed by atoms with van der Waals surface area (Å²) >= 11 is 0. The zero-order chi connectivity index (χ0) is 15.2. The van der Waals surface area contributed by atoms with Crippen molar-refractivity contribution in [2.45, 2.75) is 44.7 Å². The maximum absolute atomic E-state index is 13.0. The number of ether oxygens (including phenoxy) is 1. The standard InChI is InChI=1S/C16H23FN2O2.ClH/c1-11(10-21-14-6-3-5-13(17)9-14)19-16(20)8-12-4-2-7-15(12)18;/h3,5-6,9,11-12,15H,2,4,7-8,10,18H2,1H3,(H,19,20);1H/t11?,12-,15+;/m0./s1. The Kier molecular flexibility index (Phi) is 7.62. The van der Waals surface area contributed by atoms with E-state index in [1.54, 1.807) is 12.1 Å². The molecule has 0 radical (unpaired) electrons. The van der Waals surface area contributed by atoms with E-state index in [4.69, 9.17) is 10.5 Å². The summed E-state index contributed by atoms with van der Waals surface area (Å²) in [7, 11) is 0. The van der Waals surface area contributed by atoms with Crippen molar-refractivity contribution in [1.29, 1.82) is 0 Å². The van der Waals surface area contributed by atoms with Crippen LogP contribution in [-0.2, 0) is 4.79 Å². The van der Waals surface area contributed by atoms with Gasteiger partial charge >= 0.3 is 0 Å². The van der Waals surface area contributed by atoms with Crippen LogP contribution in [0.3, 0.4) is 0 Å². The van der Waals surface area contributed by atoms with Gasteiger partial charge in [-0.2, -0.15) is 0 Å². The molecule has 1 fully saturated rings. The second-order valence-electron chi connectivity index (χ2n) is 5.80. The fraction of sp³-hybridized carbons (Fsp3) is 0.562. The smallest absolute Gasteiger partial charge is 0.220 e. The van der Waals surface area contributed by atoms with Crippen LogP contribution in [0.1, 0.15) is 32.6 Å². The fourth-order valence-electron chi connectivity index (χ4n) is 2.71. The number of benzene rings is 1. The Hall–Kier alpha value is -1.33. The van der Waals surface area contributed by atoms with Crippen molar-refractivity contribution in [3.63, 3.8) is 0 Å². The summed E-state index contributed by atoms with van der Waals surface area (Å²) in [6, 6.07) is 5.99. The Labute approximate surface area is 137 Å². The zero-order valence-corrected chi connectivity index (χ0v) is 13.6. The van der Waals surface area contributed by atoms with Gasteiger partial charge in [0.25, 0.3) is 0 Å². The first kappa shape index (κ1) is 18.7. The van der Waals surface area contributed by atoms with Crippen LogP contribution in [0.25, 0.3) is 0 Å². The summed E-state index contributed by atoms with van der Waals surface area (Å²) < 4.78 is 18.5. The van der Waals surface area contributed by atoms with Crippen molar-refractivity contribution >= 4 is 18.3 Å². The van der Waals surface area contributed by atoms with Gasteiger partial charge < -0.3 is 15.8 Å². The highest BCUT2D eigenvalue weighted by Crippen LogP contribution is 2.26. The summed E-state index contributed by atoms with van der Waals surface area (Å²) in [4.78, 5) is 11.9. The molecule has 3 atom stereocenters. The van der Waals surface area contributed by atoms with Gasteiger partial charge in [0.2, 0.25) is 5.91 Å². The average molecular weight is 331 g/mol. The predicted molar refractivity (Wildman–Crippen MR) is 86.7 cm³/mol. The van der Waals surface area contributed by atoms with Crippen LogP contribution in [0.2, 0.25) is 0 Å². The van der Waals surface area contributed by atoms with E-state index in [0.717, 1.165) is 19.3 Å². The van der Waals surface area contributed by atoms with Crippen LogP contribution < -0.4 is 15.8 Å². The number of halogens is 2. The molecule has 0 bridgehead atoms. The molecule has 22 heavy (non-hydrogen) atoms. The van der Waals surface area contributed by atoms with E-state index in [1.807, 2.05) is 6.92 Å². The molecule has 0 saturated heterocycles. The lowest BCUT2D eigenvalue weighted by atomic mass is 10.00.